The molecule has 2 N–H and O–H groups in total. The summed E-state index contributed by atoms with van der Waals surface area (Å²) >= 11 is 0. The Bertz CT molecular complexity index is 845. The molecule has 0 saturated carbocycles. The molecule has 0 aromatic carbocycles. The SMILES string of the molecule is CCC(C)(C)C(=O)NCCO[N+]([O-])(O)OCC[PH](C1C=CC=CC1)(C1C=CC=CC1)C1C=CC=CC1. The summed E-state index contributed by atoms with van der Waals surface area (Å²) in [7, 11) is -2.18. The molecule has 0 radical (unpaired) electrons. The zero-order chi connectivity index (χ0) is 26.1. The first-order valence-electron chi connectivity index (χ1n) is 13.1. The van der Waals surface area contributed by atoms with Crippen LogP contribution in [0.2, 0.25) is 0 Å². The van der Waals surface area contributed by atoms with Crippen molar-refractivity contribution in [3.63, 3.8) is 0 Å². The van der Waals surface area contributed by atoms with Crippen molar-refractivity contribution >= 4 is 13.2 Å². The topological polar surface area (TPSA) is 90.9 Å². The van der Waals surface area contributed by atoms with Crippen LogP contribution >= 0.6 is 7.26 Å². The van der Waals surface area contributed by atoms with E-state index in [4.69, 9.17) is 9.68 Å². The molecule has 3 aliphatic rings. The molecule has 200 valence electrons. The third-order valence-corrected chi connectivity index (χ3v) is 14.4. The van der Waals surface area contributed by atoms with Gasteiger partial charge < -0.3 is 0 Å². The predicted octanol–water partition coefficient (Wildman–Crippen LogP) is 5.51. The molecule has 1 amide bonds. The van der Waals surface area contributed by atoms with Gasteiger partial charge in [0.05, 0.1) is 0 Å². The average molecular weight is 519 g/mol. The van der Waals surface area contributed by atoms with E-state index in [0.29, 0.717) is 23.4 Å². The Morgan fingerprint density at radius 3 is 1.83 bits per heavy atom. The number of allylic oxidation sites excluding steroid dienone is 12. The normalized spacial score (nSPS) is 25.6. The molecule has 0 bridgehead atoms. The van der Waals surface area contributed by atoms with Gasteiger partial charge in [0.2, 0.25) is 0 Å². The second-order valence-electron chi connectivity index (χ2n) is 10.5. The molecule has 0 fully saturated rings. The van der Waals surface area contributed by atoms with Crippen LogP contribution in [-0.2, 0) is 14.5 Å². The molecule has 3 aliphatic carbocycles. The fourth-order valence-electron chi connectivity index (χ4n) is 5.42. The van der Waals surface area contributed by atoms with Crippen molar-refractivity contribution in [2.24, 2.45) is 5.41 Å². The van der Waals surface area contributed by atoms with Gasteiger partial charge in [-0.3, -0.25) is 0 Å². The van der Waals surface area contributed by atoms with Crippen LogP contribution in [0, 0.1) is 10.6 Å². The zero-order valence-electron chi connectivity index (χ0n) is 21.8. The van der Waals surface area contributed by atoms with Crippen molar-refractivity contribution in [1.82, 2.24) is 5.32 Å². The summed E-state index contributed by atoms with van der Waals surface area (Å²) in [6.45, 7) is 5.71. The molecule has 4 unspecified atom stereocenters. The summed E-state index contributed by atoms with van der Waals surface area (Å²) in [5, 5.41) is 23.2. The molecule has 0 aromatic heterocycles. The summed E-state index contributed by atoms with van der Waals surface area (Å²) in [5.41, 5.74) is 0.706. The summed E-state index contributed by atoms with van der Waals surface area (Å²) < 4.78 is 0. The Morgan fingerprint density at radius 1 is 0.944 bits per heavy atom. The first kappa shape index (κ1) is 28.7. The Balaban J connectivity index is 1.66. The second-order valence-corrected chi connectivity index (χ2v) is 15.4. The monoisotopic (exact) mass is 518 g/mol. The number of amides is 1. The number of quaternary nitrogens is 1. The fourth-order valence-corrected chi connectivity index (χ4v) is 11.8. The molecule has 0 saturated heterocycles. The first-order valence-corrected chi connectivity index (χ1v) is 15.6. The third-order valence-electron chi connectivity index (χ3n) is 7.94. The van der Waals surface area contributed by atoms with Crippen LogP contribution in [0.4, 0.5) is 0 Å². The van der Waals surface area contributed by atoms with Gasteiger partial charge in [-0.25, -0.2) is 0 Å². The van der Waals surface area contributed by atoms with Gasteiger partial charge >= 0.3 is 216 Å². The van der Waals surface area contributed by atoms with Gasteiger partial charge in [-0.05, 0) is 0 Å². The van der Waals surface area contributed by atoms with E-state index in [0.717, 1.165) is 25.4 Å². The molecule has 0 aromatic rings. The number of nitrogens with zero attached hydrogens (tertiary/aromatic N) is 1. The van der Waals surface area contributed by atoms with Gasteiger partial charge in [0.15, 0.2) is 0 Å². The molecule has 36 heavy (non-hydrogen) atoms. The van der Waals surface area contributed by atoms with Crippen LogP contribution in [-0.4, -0.2) is 59.1 Å². The van der Waals surface area contributed by atoms with Crippen molar-refractivity contribution in [1.29, 1.82) is 0 Å². The number of rotatable bonds is 13. The van der Waals surface area contributed by atoms with Gasteiger partial charge in [-0.2, -0.15) is 0 Å². The third kappa shape index (κ3) is 7.34. The molecule has 0 heterocycles. The van der Waals surface area contributed by atoms with E-state index in [1.165, 1.54) is 0 Å². The number of carbonyl (C=O) groups excluding carboxylic acids is 1. The summed E-state index contributed by atoms with van der Waals surface area (Å²) in [6.07, 6.45) is 30.7. The molecule has 4 atom stereocenters. The van der Waals surface area contributed by atoms with E-state index in [1.807, 2.05) is 20.8 Å². The number of hydrogen-bond acceptors (Lipinski definition) is 5. The molecule has 8 heteroatoms. The Labute approximate surface area is 216 Å². The van der Waals surface area contributed by atoms with Gasteiger partial charge in [-0.1, -0.05) is 0 Å². The molecular weight excluding hydrogens is 475 g/mol. The summed E-state index contributed by atoms with van der Waals surface area (Å²) in [5.74, 6) is -0.119. The van der Waals surface area contributed by atoms with Crippen molar-refractivity contribution in [2.75, 3.05) is 25.9 Å². The summed E-state index contributed by atoms with van der Waals surface area (Å²) in [4.78, 5) is 22.6. The van der Waals surface area contributed by atoms with E-state index < -0.39 is 17.8 Å². The maximum absolute atomic E-state index is 12.5. The van der Waals surface area contributed by atoms with Crippen molar-refractivity contribution in [3.8, 4) is 0 Å². The van der Waals surface area contributed by atoms with Gasteiger partial charge in [-0.15, -0.1) is 0 Å². The standard InChI is InChI=1S/C28H43N2O5P/c1-4-28(2,3)27(31)29-20-21-34-30(32,33)35-22-23-36(24-14-8-5-9-15-24,25-16-10-6-11-17-25)26-18-12-7-13-19-26/h5-14,16,18,24-26,32,36H,4,15,17,19-23H2,1-3H3,(H,29,31). The first-order chi connectivity index (χ1) is 17.2. The minimum absolute atomic E-state index is 0.0949. The van der Waals surface area contributed by atoms with Crippen LogP contribution in [0.3, 0.4) is 0 Å². The minimum atomic E-state index is -2.22. The van der Waals surface area contributed by atoms with Gasteiger partial charge in [0, 0.05) is 0 Å². The van der Waals surface area contributed by atoms with Crippen LogP contribution < -0.4 is 5.32 Å². The second kappa shape index (κ2) is 13.1. The number of hydrogen-bond donors (Lipinski definition) is 2. The molecule has 7 nitrogen and oxygen atoms in total. The van der Waals surface area contributed by atoms with Crippen LogP contribution in [0.5, 0.6) is 0 Å². The van der Waals surface area contributed by atoms with E-state index in [1.54, 1.807) is 0 Å². The van der Waals surface area contributed by atoms with Crippen LogP contribution in [0.25, 0.3) is 0 Å². The summed E-state index contributed by atoms with van der Waals surface area (Å²) in [6, 6.07) is 0. The van der Waals surface area contributed by atoms with E-state index in [-0.39, 0.29) is 25.7 Å². The molecule has 0 spiro atoms. The Morgan fingerprint density at radius 2 is 1.42 bits per heavy atom. The quantitative estimate of drug-likeness (QED) is 0.145. The number of nitrogens with one attached hydrogen (secondary N) is 1. The van der Waals surface area contributed by atoms with E-state index in [2.05, 4.69) is 78.2 Å². The number of carbonyl (C=O) groups is 1. The van der Waals surface area contributed by atoms with E-state index >= 15 is 0 Å². The molecular formula is C28H43N2O5P. The Kier molecular flexibility index (Phi) is 10.4. The fraction of sp³-hybridized carbons (Fsp3) is 0.536. The van der Waals surface area contributed by atoms with Crippen LogP contribution in [0.1, 0.15) is 46.5 Å². The zero-order valence-corrected chi connectivity index (χ0v) is 22.8. The Hall–Kier alpha value is -1.86. The van der Waals surface area contributed by atoms with Crippen molar-refractivity contribution in [3.05, 3.63) is 78.1 Å². The van der Waals surface area contributed by atoms with Crippen molar-refractivity contribution < 1.29 is 24.8 Å². The van der Waals surface area contributed by atoms with Gasteiger partial charge in [0.25, 0.3) is 0 Å². The molecule has 3 rings (SSSR count). The van der Waals surface area contributed by atoms with Crippen molar-refractivity contribution in [2.45, 2.75) is 63.4 Å². The van der Waals surface area contributed by atoms with Crippen LogP contribution in [0.15, 0.2) is 72.9 Å². The molecule has 0 aliphatic heterocycles. The maximum atomic E-state index is 12.5. The predicted molar refractivity (Wildman–Crippen MR) is 148 cm³/mol. The van der Waals surface area contributed by atoms with E-state index in [9.17, 15) is 15.2 Å². The average Bonchev–Trinajstić information content (AvgIpc) is 2.90. The van der Waals surface area contributed by atoms with Gasteiger partial charge in [0.1, 0.15) is 0 Å².